The molecule has 1 aliphatic rings. The minimum absolute atomic E-state index is 0.0343. The van der Waals surface area contributed by atoms with Gasteiger partial charge in [0.2, 0.25) is 11.8 Å². The summed E-state index contributed by atoms with van der Waals surface area (Å²) in [7, 11) is 3.58. The number of rotatable bonds is 7. The van der Waals surface area contributed by atoms with Gasteiger partial charge in [0.15, 0.2) is 5.82 Å². The van der Waals surface area contributed by atoms with Gasteiger partial charge in [-0.25, -0.2) is 9.97 Å². The summed E-state index contributed by atoms with van der Waals surface area (Å²) < 4.78 is 0. The van der Waals surface area contributed by atoms with Crippen molar-refractivity contribution in [1.29, 1.82) is 0 Å². The van der Waals surface area contributed by atoms with E-state index in [2.05, 4.69) is 10.3 Å². The number of aryl methyl sites for hydroxylation is 1. The van der Waals surface area contributed by atoms with Crippen LogP contribution in [-0.2, 0) is 22.6 Å². The summed E-state index contributed by atoms with van der Waals surface area (Å²) >= 11 is 5.91. The van der Waals surface area contributed by atoms with Gasteiger partial charge in [0.25, 0.3) is 0 Å². The SMILES string of the molecule is CNc1cc(CN(C)C(=O)CCc2ccc(Cl)cc2)nc([C@@H]2CCCN2C(C)=O)n1. The molecule has 2 aromatic rings. The molecular weight excluding hydrogens is 402 g/mol. The van der Waals surface area contributed by atoms with Gasteiger partial charge in [0, 0.05) is 45.1 Å². The van der Waals surface area contributed by atoms with Crippen molar-refractivity contribution in [1.82, 2.24) is 19.8 Å². The Morgan fingerprint density at radius 3 is 2.67 bits per heavy atom. The molecule has 1 aromatic carbocycles. The van der Waals surface area contributed by atoms with E-state index in [9.17, 15) is 9.59 Å². The molecule has 1 fully saturated rings. The first-order valence-corrected chi connectivity index (χ1v) is 10.6. The van der Waals surface area contributed by atoms with Crippen LogP contribution >= 0.6 is 11.6 Å². The number of nitrogens with zero attached hydrogens (tertiary/aromatic N) is 4. The van der Waals surface area contributed by atoms with E-state index in [-0.39, 0.29) is 17.9 Å². The highest BCUT2D eigenvalue weighted by molar-refractivity contribution is 6.30. The molecule has 0 radical (unpaired) electrons. The Kier molecular flexibility index (Phi) is 7.26. The number of carbonyl (C=O) groups excluding carboxylic acids is 2. The second-order valence-corrected chi connectivity index (χ2v) is 8.04. The third-order valence-electron chi connectivity index (χ3n) is 5.37. The Hall–Kier alpha value is -2.67. The maximum absolute atomic E-state index is 12.6. The molecular formula is C22H28ClN5O2. The van der Waals surface area contributed by atoms with Crippen molar-refractivity contribution < 1.29 is 9.59 Å². The maximum atomic E-state index is 12.6. The number of likely N-dealkylation sites (tertiary alicyclic amines) is 1. The number of hydrogen-bond donors (Lipinski definition) is 1. The first-order chi connectivity index (χ1) is 14.4. The van der Waals surface area contributed by atoms with Gasteiger partial charge < -0.3 is 15.1 Å². The number of nitrogens with one attached hydrogen (secondary N) is 1. The van der Waals surface area contributed by atoms with E-state index in [4.69, 9.17) is 16.6 Å². The third-order valence-corrected chi connectivity index (χ3v) is 5.63. The first-order valence-electron chi connectivity index (χ1n) is 10.2. The van der Waals surface area contributed by atoms with Crippen LogP contribution in [-0.4, -0.2) is 52.2 Å². The minimum atomic E-state index is -0.111. The second-order valence-electron chi connectivity index (χ2n) is 7.60. The van der Waals surface area contributed by atoms with Crippen molar-refractivity contribution in [3.8, 4) is 0 Å². The number of benzene rings is 1. The molecule has 30 heavy (non-hydrogen) atoms. The van der Waals surface area contributed by atoms with Gasteiger partial charge in [-0.05, 0) is 37.0 Å². The molecule has 1 aromatic heterocycles. The molecule has 2 amide bonds. The van der Waals surface area contributed by atoms with Crippen LogP contribution in [0.4, 0.5) is 5.82 Å². The van der Waals surface area contributed by atoms with Crippen LogP contribution in [0, 0.1) is 0 Å². The number of anilines is 1. The average molecular weight is 430 g/mol. The van der Waals surface area contributed by atoms with E-state index in [1.165, 1.54) is 0 Å². The molecule has 8 heteroatoms. The Morgan fingerprint density at radius 2 is 2.00 bits per heavy atom. The van der Waals surface area contributed by atoms with Crippen LogP contribution in [0.3, 0.4) is 0 Å². The molecule has 0 bridgehead atoms. The lowest BCUT2D eigenvalue weighted by atomic mass is 10.1. The van der Waals surface area contributed by atoms with Gasteiger partial charge in [-0.2, -0.15) is 0 Å². The number of carbonyl (C=O) groups is 2. The highest BCUT2D eigenvalue weighted by Crippen LogP contribution is 2.30. The lowest BCUT2D eigenvalue weighted by Crippen LogP contribution is -2.30. The smallest absolute Gasteiger partial charge is 0.222 e. The first kappa shape index (κ1) is 22.0. The van der Waals surface area contributed by atoms with E-state index in [0.29, 0.717) is 36.1 Å². The van der Waals surface area contributed by atoms with Gasteiger partial charge in [-0.1, -0.05) is 23.7 Å². The fourth-order valence-corrected chi connectivity index (χ4v) is 3.84. The number of amides is 2. The van der Waals surface area contributed by atoms with Crippen LogP contribution in [0.25, 0.3) is 0 Å². The minimum Gasteiger partial charge on any atom is -0.373 e. The van der Waals surface area contributed by atoms with E-state index in [1.54, 1.807) is 25.9 Å². The van der Waals surface area contributed by atoms with Crippen molar-refractivity contribution in [2.24, 2.45) is 0 Å². The summed E-state index contributed by atoms with van der Waals surface area (Å²) in [4.78, 5) is 37.3. The fraction of sp³-hybridized carbons (Fsp3) is 0.455. The lowest BCUT2D eigenvalue weighted by molar-refractivity contribution is -0.130. The normalized spacial score (nSPS) is 15.9. The molecule has 3 rings (SSSR count). The monoisotopic (exact) mass is 429 g/mol. The molecule has 0 saturated carbocycles. The average Bonchev–Trinajstić information content (AvgIpc) is 3.23. The Bertz CT molecular complexity index is 903. The van der Waals surface area contributed by atoms with Crippen LogP contribution in [0.5, 0.6) is 0 Å². The van der Waals surface area contributed by atoms with E-state index >= 15 is 0 Å². The quantitative estimate of drug-likeness (QED) is 0.729. The largest absolute Gasteiger partial charge is 0.373 e. The third kappa shape index (κ3) is 5.48. The summed E-state index contributed by atoms with van der Waals surface area (Å²) in [5, 5.41) is 3.75. The van der Waals surface area contributed by atoms with Crippen LogP contribution in [0.2, 0.25) is 5.02 Å². The second kappa shape index (κ2) is 9.89. The predicted molar refractivity (Wildman–Crippen MR) is 117 cm³/mol. The van der Waals surface area contributed by atoms with Gasteiger partial charge in [0.05, 0.1) is 18.3 Å². The molecule has 0 spiro atoms. The van der Waals surface area contributed by atoms with Crippen molar-refractivity contribution in [3.05, 3.63) is 52.4 Å². The summed E-state index contributed by atoms with van der Waals surface area (Å²) in [6, 6.07) is 9.28. The summed E-state index contributed by atoms with van der Waals surface area (Å²) in [5.74, 6) is 1.40. The maximum Gasteiger partial charge on any atom is 0.222 e. The molecule has 7 nitrogen and oxygen atoms in total. The topological polar surface area (TPSA) is 78.4 Å². The van der Waals surface area contributed by atoms with Crippen LogP contribution in [0.15, 0.2) is 30.3 Å². The van der Waals surface area contributed by atoms with Crippen LogP contribution in [0.1, 0.15) is 49.3 Å². The predicted octanol–water partition coefficient (Wildman–Crippen LogP) is 3.45. The Morgan fingerprint density at radius 1 is 1.27 bits per heavy atom. The number of hydrogen-bond acceptors (Lipinski definition) is 5. The van der Waals surface area contributed by atoms with Gasteiger partial charge in [0.1, 0.15) is 5.82 Å². The molecule has 1 saturated heterocycles. The zero-order valence-electron chi connectivity index (χ0n) is 17.7. The van der Waals surface area contributed by atoms with Crippen molar-refractivity contribution in [2.45, 2.75) is 45.2 Å². The van der Waals surface area contributed by atoms with Crippen molar-refractivity contribution in [2.75, 3.05) is 26.0 Å². The molecule has 160 valence electrons. The summed E-state index contributed by atoms with van der Waals surface area (Å²) in [5.41, 5.74) is 1.83. The summed E-state index contributed by atoms with van der Waals surface area (Å²) in [6.07, 6.45) is 2.86. The molecule has 1 atom stereocenters. The Balaban J connectivity index is 1.68. The highest BCUT2D eigenvalue weighted by atomic mass is 35.5. The number of aromatic nitrogens is 2. The fourth-order valence-electron chi connectivity index (χ4n) is 3.71. The van der Waals surface area contributed by atoms with E-state index < -0.39 is 0 Å². The number of halogens is 1. The van der Waals surface area contributed by atoms with Gasteiger partial charge in [-0.3, -0.25) is 9.59 Å². The van der Waals surface area contributed by atoms with E-state index in [0.717, 1.165) is 30.6 Å². The molecule has 0 aliphatic carbocycles. The zero-order chi connectivity index (χ0) is 21.7. The van der Waals surface area contributed by atoms with Crippen LogP contribution < -0.4 is 5.32 Å². The van der Waals surface area contributed by atoms with E-state index in [1.807, 2.05) is 35.2 Å². The standard InChI is InChI=1S/C22H28ClN5O2/c1-15(29)28-12-4-5-19(28)22-25-18(13-20(24-2)26-22)14-27(3)21(30)11-8-16-6-9-17(23)10-7-16/h6-7,9-10,13,19H,4-5,8,11-12,14H2,1-3H3,(H,24,25,26)/t19-/m0/s1. The highest BCUT2D eigenvalue weighted by Gasteiger charge is 2.30. The summed E-state index contributed by atoms with van der Waals surface area (Å²) in [6.45, 7) is 2.69. The van der Waals surface area contributed by atoms with Gasteiger partial charge >= 0.3 is 0 Å². The van der Waals surface area contributed by atoms with Crippen molar-refractivity contribution in [3.63, 3.8) is 0 Å². The van der Waals surface area contributed by atoms with Gasteiger partial charge in [-0.15, -0.1) is 0 Å². The molecule has 1 N–H and O–H groups in total. The van der Waals surface area contributed by atoms with Crippen molar-refractivity contribution >= 4 is 29.2 Å². The molecule has 1 aliphatic heterocycles. The molecule has 2 heterocycles. The molecule has 0 unspecified atom stereocenters. The zero-order valence-corrected chi connectivity index (χ0v) is 18.4. The Labute approximate surface area is 182 Å². The lowest BCUT2D eigenvalue weighted by Gasteiger charge is -2.23.